The molecule has 1 saturated heterocycles. The Hall–Kier alpha value is -3.18. The minimum Gasteiger partial charge on any atom is -0.336 e. The van der Waals surface area contributed by atoms with Crippen molar-refractivity contribution in [1.29, 1.82) is 0 Å². The van der Waals surface area contributed by atoms with Crippen molar-refractivity contribution in [3.05, 3.63) is 65.4 Å². The average molecular weight is 449 g/mol. The SMILES string of the molecule is NC(Cc1cc(F)c(F)cc1F)C(C(=O)F)(c1nc(-c2ccccn2)no1)N1CCCC1. The predicted octanol–water partition coefficient (Wildman–Crippen LogP) is 2.91. The fourth-order valence-electron chi connectivity index (χ4n) is 4.03. The number of hydrogen-bond acceptors (Lipinski definition) is 7. The van der Waals surface area contributed by atoms with Gasteiger partial charge in [0.1, 0.15) is 11.5 Å². The van der Waals surface area contributed by atoms with E-state index < -0.39 is 47.4 Å². The number of halogens is 4. The second-order valence-electron chi connectivity index (χ2n) is 7.54. The van der Waals surface area contributed by atoms with E-state index in [1.807, 2.05) is 0 Å². The minimum atomic E-state index is -2.23. The first-order valence-electron chi connectivity index (χ1n) is 9.93. The molecule has 0 aliphatic carbocycles. The van der Waals surface area contributed by atoms with Gasteiger partial charge in [0, 0.05) is 18.3 Å². The molecule has 1 aliphatic rings. The van der Waals surface area contributed by atoms with Crippen molar-refractivity contribution in [3.8, 4) is 11.5 Å². The van der Waals surface area contributed by atoms with Crippen molar-refractivity contribution in [2.45, 2.75) is 30.8 Å². The Kier molecular flexibility index (Phi) is 6.02. The third kappa shape index (κ3) is 3.78. The highest BCUT2D eigenvalue weighted by atomic mass is 19.2. The van der Waals surface area contributed by atoms with Crippen molar-refractivity contribution in [1.82, 2.24) is 20.0 Å². The molecule has 168 valence electrons. The number of benzene rings is 1. The van der Waals surface area contributed by atoms with Gasteiger partial charge in [0.25, 0.3) is 5.89 Å². The van der Waals surface area contributed by atoms with Crippen LogP contribution in [-0.2, 0) is 16.8 Å². The number of aromatic nitrogens is 3. The van der Waals surface area contributed by atoms with Gasteiger partial charge in [-0.05, 0) is 56.1 Å². The Morgan fingerprint density at radius 1 is 1.16 bits per heavy atom. The van der Waals surface area contributed by atoms with Gasteiger partial charge in [-0.3, -0.25) is 14.7 Å². The highest BCUT2D eigenvalue weighted by Gasteiger charge is 2.56. The van der Waals surface area contributed by atoms with Crippen LogP contribution in [-0.4, -0.2) is 45.2 Å². The molecular weight excluding hydrogens is 430 g/mol. The van der Waals surface area contributed by atoms with E-state index in [9.17, 15) is 22.4 Å². The highest BCUT2D eigenvalue weighted by Crippen LogP contribution is 2.37. The summed E-state index contributed by atoms with van der Waals surface area (Å²) in [5, 5.41) is 3.81. The van der Waals surface area contributed by atoms with Crippen molar-refractivity contribution >= 4 is 6.04 Å². The molecule has 32 heavy (non-hydrogen) atoms. The van der Waals surface area contributed by atoms with E-state index in [2.05, 4.69) is 15.1 Å². The maximum Gasteiger partial charge on any atom is 0.332 e. The van der Waals surface area contributed by atoms with Gasteiger partial charge in [-0.2, -0.15) is 9.37 Å². The summed E-state index contributed by atoms with van der Waals surface area (Å²) in [5.74, 6) is -4.13. The van der Waals surface area contributed by atoms with Crippen molar-refractivity contribution in [2.75, 3.05) is 13.1 Å². The summed E-state index contributed by atoms with van der Waals surface area (Å²) < 4.78 is 61.4. The van der Waals surface area contributed by atoms with Crippen LogP contribution in [0.3, 0.4) is 0 Å². The zero-order valence-electron chi connectivity index (χ0n) is 16.8. The van der Waals surface area contributed by atoms with Crippen LogP contribution >= 0.6 is 0 Å². The minimum absolute atomic E-state index is 0.0108. The number of nitrogens with zero attached hydrogens (tertiary/aromatic N) is 4. The quantitative estimate of drug-likeness (QED) is 0.336. The zero-order valence-corrected chi connectivity index (χ0v) is 16.8. The van der Waals surface area contributed by atoms with Gasteiger partial charge in [0.2, 0.25) is 11.4 Å². The first-order chi connectivity index (χ1) is 15.3. The number of hydrogen-bond donors (Lipinski definition) is 1. The van der Waals surface area contributed by atoms with E-state index in [1.54, 1.807) is 18.2 Å². The Morgan fingerprint density at radius 2 is 1.88 bits per heavy atom. The molecule has 11 heteroatoms. The first-order valence-corrected chi connectivity index (χ1v) is 9.93. The number of rotatable bonds is 7. The largest absolute Gasteiger partial charge is 0.336 e. The predicted molar refractivity (Wildman–Crippen MR) is 104 cm³/mol. The molecule has 0 bridgehead atoms. The fourth-order valence-corrected chi connectivity index (χ4v) is 4.03. The van der Waals surface area contributed by atoms with Gasteiger partial charge in [-0.1, -0.05) is 11.2 Å². The number of nitrogens with two attached hydrogens (primary N) is 1. The van der Waals surface area contributed by atoms with Crippen LogP contribution in [0.2, 0.25) is 0 Å². The van der Waals surface area contributed by atoms with E-state index in [0.717, 1.165) is 0 Å². The second kappa shape index (κ2) is 8.75. The molecule has 1 aromatic carbocycles. The summed E-state index contributed by atoms with van der Waals surface area (Å²) in [6.07, 6.45) is 2.32. The molecule has 2 N–H and O–H groups in total. The molecule has 0 amide bonds. The average Bonchev–Trinajstić information content (AvgIpc) is 3.46. The maximum atomic E-state index is 14.8. The van der Waals surface area contributed by atoms with Crippen LogP contribution in [0.4, 0.5) is 17.6 Å². The summed E-state index contributed by atoms with van der Waals surface area (Å²) in [4.78, 5) is 22.2. The number of likely N-dealkylation sites (tertiary alicyclic amines) is 1. The van der Waals surface area contributed by atoms with Crippen LogP contribution in [0.5, 0.6) is 0 Å². The van der Waals surface area contributed by atoms with Crippen molar-refractivity contribution in [2.24, 2.45) is 5.73 Å². The molecule has 2 unspecified atom stereocenters. The lowest BCUT2D eigenvalue weighted by Gasteiger charge is -2.39. The standard InChI is InChI=1S/C21H19F4N5O2/c22-13-11-15(24)14(23)9-12(13)10-17(26)21(19(25)31,30-7-3-4-8-30)20-28-18(29-32-20)16-5-1-2-6-27-16/h1-2,5-6,9,11,17H,3-4,7-8,10,26H2. The monoisotopic (exact) mass is 449 g/mol. The van der Waals surface area contributed by atoms with E-state index in [-0.39, 0.29) is 11.4 Å². The van der Waals surface area contributed by atoms with Gasteiger partial charge in [0.05, 0.1) is 0 Å². The molecule has 0 radical (unpaired) electrons. The molecule has 4 rings (SSSR count). The van der Waals surface area contributed by atoms with Crippen LogP contribution in [0, 0.1) is 17.5 Å². The smallest absolute Gasteiger partial charge is 0.332 e. The van der Waals surface area contributed by atoms with Gasteiger partial charge in [0.15, 0.2) is 11.6 Å². The van der Waals surface area contributed by atoms with E-state index in [1.165, 1.54) is 11.1 Å². The number of pyridine rings is 1. The van der Waals surface area contributed by atoms with E-state index in [0.29, 0.717) is 43.8 Å². The zero-order chi connectivity index (χ0) is 22.9. The number of carbonyl (C=O) groups excluding carboxylic acids is 1. The topological polar surface area (TPSA) is 98.1 Å². The summed E-state index contributed by atoms with van der Waals surface area (Å²) in [6.45, 7) is 0.593. The van der Waals surface area contributed by atoms with Crippen LogP contribution in [0.15, 0.2) is 41.1 Å². The Bertz CT molecular complexity index is 1120. The molecule has 1 aliphatic heterocycles. The lowest BCUT2D eigenvalue weighted by Crippen LogP contribution is -2.61. The van der Waals surface area contributed by atoms with E-state index in [4.69, 9.17) is 10.3 Å². The fraction of sp³-hybridized carbons (Fsp3) is 0.333. The normalized spacial score (nSPS) is 17.3. The Labute approximate surface area is 180 Å². The maximum absolute atomic E-state index is 14.8. The van der Waals surface area contributed by atoms with Crippen LogP contribution < -0.4 is 5.73 Å². The van der Waals surface area contributed by atoms with E-state index >= 15 is 0 Å². The molecule has 0 saturated carbocycles. The lowest BCUT2D eigenvalue weighted by molar-refractivity contribution is -0.147. The molecule has 2 aromatic heterocycles. The van der Waals surface area contributed by atoms with Crippen molar-refractivity contribution < 1.29 is 26.9 Å². The molecule has 1 fully saturated rings. The van der Waals surface area contributed by atoms with Crippen LogP contribution in [0.1, 0.15) is 24.3 Å². The number of carbonyl (C=O) groups is 1. The summed E-state index contributed by atoms with van der Waals surface area (Å²) in [5.41, 5.74) is 4.05. The second-order valence-corrected chi connectivity index (χ2v) is 7.54. The first kappa shape index (κ1) is 22.0. The molecule has 7 nitrogen and oxygen atoms in total. The third-order valence-electron chi connectivity index (χ3n) is 5.62. The summed E-state index contributed by atoms with van der Waals surface area (Å²) in [7, 11) is 0. The van der Waals surface area contributed by atoms with Crippen LogP contribution in [0.25, 0.3) is 11.5 Å². The highest BCUT2D eigenvalue weighted by molar-refractivity contribution is 5.81. The molecular formula is C21H19F4N5O2. The Balaban J connectivity index is 1.79. The summed E-state index contributed by atoms with van der Waals surface area (Å²) >= 11 is 0. The summed E-state index contributed by atoms with van der Waals surface area (Å²) in [6, 6.07) is 2.65. The Morgan fingerprint density at radius 3 is 2.53 bits per heavy atom. The van der Waals surface area contributed by atoms with Gasteiger partial charge in [-0.15, -0.1) is 0 Å². The molecule has 3 heterocycles. The lowest BCUT2D eigenvalue weighted by atomic mass is 9.84. The van der Waals surface area contributed by atoms with Gasteiger partial charge < -0.3 is 10.3 Å². The third-order valence-corrected chi connectivity index (χ3v) is 5.62. The van der Waals surface area contributed by atoms with Crippen molar-refractivity contribution in [3.63, 3.8) is 0 Å². The molecule has 0 spiro atoms. The van der Waals surface area contributed by atoms with Gasteiger partial charge in [-0.25, -0.2) is 13.2 Å². The molecule has 2 atom stereocenters. The van der Waals surface area contributed by atoms with Gasteiger partial charge >= 0.3 is 6.04 Å². The molecule has 3 aromatic rings.